The molecule has 1 saturated carbocycles. The van der Waals surface area contributed by atoms with Gasteiger partial charge >= 0.3 is 0 Å². The molecule has 2 heteroatoms. The molecule has 100 valence electrons. The van der Waals surface area contributed by atoms with Gasteiger partial charge in [-0.05, 0) is 25.3 Å². The van der Waals surface area contributed by atoms with Crippen LogP contribution in [-0.4, -0.2) is 30.6 Å². The van der Waals surface area contributed by atoms with E-state index in [0.29, 0.717) is 6.04 Å². The van der Waals surface area contributed by atoms with E-state index in [0.717, 1.165) is 25.6 Å². The van der Waals surface area contributed by atoms with Crippen molar-refractivity contribution in [2.24, 2.45) is 11.7 Å². The molecular formula is C15H30N2. The molecule has 2 nitrogen and oxygen atoms in total. The van der Waals surface area contributed by atoms with Crippen molar-refractivity contribution in [3.8, 4) is 0 Å². The second-order valence-electron chi connectivity index (χ2n) is 5.55. The van der Waals surface area contributed by atoms with Crippen LogP contribution in [0.4, 0.5) is 0 Å². The Morgan fingerprint density at radius 3 is 2.65 bits per heavy atom. The lowest BCUT2D eigenvalue weighted by molar-refractivity contribution is 0.246. The number of hydrogen-bond acceptors (Lipinski definition) is 2. The van der Waals surface area contributed by atoms with Crippen LogP contribution in [0.5, 0.6) is 0 Å². The van der Waals surface area contributed by atoms with Crippen molar-refractivity contribution in [3.05, 3.63) is 12.7 Å². The molecule has 1 rings (SSSR count). The minimum absolute atomic E-state index is 0.351. The lowest BCUT2D eigenvalue weighted by atomic mass is 9.85. The number of hydrogen-bond donors (Lipinski definition) is 1. The van der Waals surface area contributed by atoms with Crippen molar-refractivity contribution in [1.29, 1.82) is 0 Å². The van der Waals surface area contributed by atoms with Crippen LogP contribution in [0.3, 0.4) is 0 Å². The number of nitrogens with two attached hydrogens (primary N) is 1. The molecule has 0 bridgehead atoms. The van der Waals surface area contributed by atoms with Gasteiger partial charge in [-0.15, -0.1) is 6.58 Å². The third-order valence-corrected chi connectivity index (χ3v) is 3.78. The van der Waals surface area contributed by atoms with Crippen molar-refractivity contribution in [3.63, 3.8) is 0 Å². The van der Waals surface area contributed by atoms with E-state index in [1.54, 1.807) is 0 Å². The summed E-state index contributed by atoms with van der Waals surface area (Å²) in [4.78, 5) is 2.43. The van der Waals surface area contributed by atoms with Gasteiger partial charge in [0.05, 0.1) is 0 Å². The molecule has 0 aromatic rings. The zero-order chi connectivity index (χ0) is 12.5. The molecule has 1 aliphatic rings. The summed E-state index contributed by atoms with van der Waals surface area (Å²) >= 11 is 0. The summed E-state index contributed by atoms with van der Waals surface area (Å²) in [6.45, 7) is 9.21. The summed E-state index contributed by atoms with van der Waals surface area (Å²) < 4.78 is 0. The molecule has 17 heavy (non-hydrogen) atoms. The third-order valence-electron chi connectivity index (χ3n) is 3.78. The maximum atomic E-state index is 6.29. The molecule has 0 aromatic carbocycles. The predicted molar refractivity (Wildman–Crippen MR) is 76.1 cm³/mol. The molecule has 0 radical (unpaired) electrons. The molecule has 0 heterocycles. The lowest BCUT2D eigenvalue weighted by Crippen LogP contribution is -2.39. The minimum Gasteiger partial charge on any atom is -0.327 e. The Balaban J connectivity index is 2.24. The number of nitrogens with zero attached hydrogens (tertiary/aromatic N) is 1. The minimum atomic E-state index is 0.351. The zero-order valence-corrected chi connectivity index (χ0v) is 11.5. The molecule has 1 unspecified atom stereocenters. The second-order valence-corrected chi connectivity index (χ2v) is 5.55. The van der Waals surface area contributed by atoms with Crippen LogP contribution < -0.4 is 5.73 Å². The van der Waals surface area contributed by atoms with E-state index in [-0.39, 0.29) is 0 Å². The van der Waals surface area contributed by atoms with Gasteiger partial charge in [0.15, 0.2) is 0 Å². The van der Waals surface area contributed by atoms with Crippen molar-refractivity contribution in [2.75, 3.05) is 19.6 Å². The van der Waals surface area contributed by atoms with E-state index in [1.165, 1.54) is 44.9 Å². The molecule has 1 atom stereocenters. The van der Waals surface area contributed by atoms with Gasteiger partial charge < -0.3 is 5.73 Å². The SMILES string of the molecule is C=CCN(CCC)CC(N)CC1CCCCC1. The van der Waals surface area contributed by atoms with E-state index < -0.39 is 0 Å². The van der Waals surface area contributed by atoms with E-state index in [2.05, 4.69) is 18.4 Å². The summed E-state index contributed by atoms with van der Waals surface area (Å²) in [5.41, 5.74) is 6.29. The zero-order valence-electron chi connectivity index (χ0n) is 11.5. The van der Waals surface area contributed by atoms with Gasteiger partial charge in [0.1, 0.15) is 0 Å². The first-order valence-electron chi connectivity index (χ1n) is 7.35. The monoisotopic (exact) mass is 238 g/mol. The van der Waals surface area contributed by atoms with Crippen LogP contribution >= 0.6 is 0 Å². The Morgan fingerprint density at radius 1 is 1.35 bits per heavy atom. The highest BCUT2D eigenvalue weighted by Crippen LogP contribution is 2.27. The topological polar surface area (TPSA) is 29.3 Å². The first-order chi connectivity index (χ1) is 8.26. The van der Waals surface area contributed by atoms with Crippen molar-refractivity contribution in [1.82, 2.24) is 4.90 Å². The molecule has 0 aromatic heterocycles. The largest absolute Gasteiger partial charge is 0.327 e. The Morgan fingerprint density at radius 2 is 2.06 bits per heavy atom. The highest BCUT2D eigenvalue weighted by Gasteiger charge is 2.18. The summed E-state index contributed by atoms with van der Waals surface area (Å²) in [5.74, 6) is 0.894. The van der Waals surface area contributed by atoms with E-state index >= 15 is 0 Å². The molecule has 0 amide bonds. The van der Waals surface area contributed by atoms with Crippen molar-refractivity contribution in [2.45, 2.75) is 57.9 Å². The normalized spacial score (nSPS) is 19.5. The molecule has 0 spiro atoms. The molecule has 2 N–H and O–H groups in total. The van der Waals surface area contributed by atoms with Gasteiger partial charge in [-0.25, -0.2) is 0 Å². The Bertz CT molecular complexity index is 197. The summed E-state index contributed by atoms with van der Waals surface area (Å²) in [6.07, 6.45) is 11.5. The number of rotatable bonds is 8. The van der Waals surface area contributed by atoms with E-state index in [9.17, 15) is 0 Å². The van der Waals surface area contributed by atoms with Crippen LogP contribution in [0.1, 0.15) is 51.9 Å². The Kier molecular flexibility index (Phi) is 7.54. The highest BCUT2D eigenvalue weighted by molar-refractivity contribution is 4.79. The maximum Gasteiger partial charge on any atom is 0.0170 e. The molecule has 0 saturated heterocycles. The molecule has 1 aliphatic carbocycles. The van der Waals surface area contributed by atoms with Gasteiger partial charge in [0.2, 0.25) is 0 Å². The van der Waals surface area contributed by atoms with Crippen LogP contribution in [0.2, 0.25) is 0 Å². The third kappa shape index (κ3) is 6.23. The first-order valence-corrected chi connectivity index (χ1v) is 7.35. The average Bonchev–Trinajstić information content (AvgIpc) is 2.30. The second kappa shape index (κ2) is 8.71. The highest BCUT2D eigenvalue weighted by atomic mass is 15.1. The van der Waals surface area contributed by atoms with Crippen molar-refractivity contribution < 1.29 is 0 Å². The standard InChI is InChI=1S/C15H30N2/c1-3-10-17(11-4-2)13-15(16)12-14-8-6-5-7-9-14/h3,14-15H,1,4-13,16H2,2H3. The summed E-state index contributed by atoms with van der Waals surface area (Å²) in [6, 6.07) is 0.351. The average molecular weight is 238 g/mol. The van der Waals surface area contributed by atoms with Gasteiger partial charge in [-0.3, -0.25) is 4.90 Å². The Labute approximate surface area is 107 Å². The fourth-order valence-electron chi connectivity index (χ4n) is 3.01. The molecule has 1 fully saturated rings. The van der Waals surface area contributed by atoms with Gasteiger partial charge in [-0.1, -0.05) is 45.1 Å². The lowest BCUT2D eigenvalue weighted by Gasteiger charge is -2.28. The molecule has 0 aliphatic heterocycles. The smallest absolute Gasteiger partial charge is 0.0170 e. The van der Waals surface area contributed by atoms with Crippen LogP contribution in [0.15, 0.2) is 12.7 Å². The van der Waals surface area contributed by atoms with Gasteiger partial charge in [-0.2, -0.15) is 0 Å². The quantitative estimate of drug-likeness (QED) is 0.658. The van der Waals surface area contributed by atoms with Gasteiger partial charge in [0, 0.05) is 19.1 Å². The maximum absolute atomic E-state index is 6.29. The predicted octanol–water partition coefficient (Wildman–Crippen LogP) is 3.18. The van der Waals surface area contributed by atoms with Crippen molar-refractivity contribution >= 4 is 0 Å². The van der Waals surface area contributed by atoms with Gasteiger partial charge in [0.25, 0.3) is 0 Å². The first kappa shape index (κ1) is 14.7. The van der Waals surface area contributed by atoms with E-state index in [4.69, 9.17) is 5.73 Å². The molecular weight excluding hydrogens is 208 g/mol. The van der Waals surface area contributed by atoms with Crippen LogP contribution in [0.25, 0.3) is 0 Å². The van der Waals surface area contributed by atoms with E-state index in [1.807, 2.05) is 6.08 Å². The summed E-state index contributed by atoms with van der Waals surface area (Å²) in [7, 11) is 0. The fourth-order valence-corrected chi connectivity index (χ4v) is 3.01. The summed E-state index contributed by atoms with van der Waals surface area (Å²) in [5, 5.41) is 0. The van der Waals surface area contributed by atoms with Crippen LogP contribution in [0, 0.1) is 5.92 Å². The Hall–Kier alpha value is -0.340. The fraction of sp³-hybridized carbons (Fsp3) is 0.867. The van der Waals surface area contributed by atoms with Crippen LogP contribution in [-0.2, 0) is 0 Å².